The summed E-state index contributed by atoms with van der Waals surface area (Å²) < 4.78 is 5.36. The molecule has 2 rings (SSSR count). The zero-order valence-electron chi connectivity index (χ0n) is 12.4. The number of ether oxygens (including phenoxy) is 1. The number of hydrogen-bond acceptors (Lipinski definition) is 4. The summed E-state index contributed by atoms with van der Waals surface area (Å²) in [4.78, 5) is 4.34. The number of aromatic nitrogens is 1. The molecule has 0 saturated heterocycles. The normalized spacial score (nSPS) is 12.2. The highest BCUT2D eigenvalue weighted by Gasteiger charge is 2.18. The van der Waals surface area contributed by atoms with Crippen LogP contribution in [0.2, 0.25) is 0 Å². The molecule has 20 heavy (non-hydrogen) atoms. The molecule has 0 saturated carbocycles. The number of nitrogens with one attached hydrogen (secondary N) is 1. The summed E-state index contributed by atoms with van der Waals surface area (Å²) in [5.41, 5.74) is 8.33. The lowest BCUT2D eigenvalue weighted by atomic mass is 9.93. The van der Waals surface area contributed by atoms with Gasteiger partial charge >= 0.3 is 0 Å². The SMILES string of the molecule is COc1cc(C)c(C(NN)c2cccnc2C)cc1C. The fourth-order valence-electron chi connectivity index (χ4n) is 2.49. The molecule has 0 fully saturated rings. The molecule has 2 aromatic rings. The number of hydrogen-bond donors (Lipinski definition) is 2. The van der Waals surface area contributed by atoms with Crippen molar-refractivity contribution in [2.45, 2.75) is 26.8 Å². The van der Waals surface area contributed by atoms with Crippen LogP contribution in [0.1, 0.15) is 34.0 Å². The first kappa shape index (κ1) is 14.5. The van der Waals surface area contributed by atoms with Gasteiger partial charge in [-0.05, 0) is 55.2 Å². The summed E-state index contributed by atoms with van der Waals surface area (Å²) in [6.07, 6.45) is 1.79. The van der Waals surface area contributed by atoms with Crippen molar-refractivity contribution in [3.05, 3.63) is 58.4 Å². The highest BCUT2D eigenvalue weighted by molar-refractivity contribution is 5.46. The lowest BCUT2D eigenvalue weighted by Crippen LogP contribution is -2.30. The number of nitrogens with zero attached hydrogens (tertiary/aromatic N) is 1. The van der Waals surface area contributed by atoms with E-state index in [4.69, 9.17) is 10.6 Å². The Bertz CT molecular complexity index is 611. The van der Waals surface area contributed by atoms with Gasteiger partial charge in [-0.25, -0.2) is 5.43 Å². The zero-order valence-corrected chi connectivity index (χ0v) is 12.4. The van der Waals surface area contributed by atoms with E-state index in [1.807, 2.05) is 32.0 Å². The molecule has 1 heterocycles. The number of nitrogens with two attached hydrogens (primary N) is 1. The smallest absolute Gasteiger partial charge is 0.122 e. The highest BCUT2D eigenvalue weighted by Crippen LogP contribution is 2.30. The van der Waals surface area contributed by atoms with Crippen LogP contribution in [0.4, 0.5) is 0 Å². The molecular weight excluding hydrogens is 250 g/mol. The molecule has 0 aliphatic heterocycles. The Morgan fingerprint density at radius 1 is 1.15 bits per heavy atom. The van der Waals surface area contributed by atoms with Crippen molar-refractivity contribution in [1.82, 2.24) is 10.4 Å². The van der Waals surface area contributed by atoms with E-state index in [1.54, 1.807) is 13.3 Å². The molecule has 0 aliphatic rings. The molecule has 0 spiro atoms. The first-order valence-electron chi connectivity index (χ1n) is 6.61. The number of benzene rings is 1. The minimum atomic E-state index is -0.0756. The predicted octanol–water partition coefficient (Wildman–Crippen LogP) is 2.57. The van der Waals surface area contributed by atoms with Crippen LogP contribution in [0, 0.1) is 20.8 Å². The van der Waals surface area contributed by atoms with Crippen molar-refractivity contribution in [1.29, 1.82) is 0 Å². The van der Waals surface area contributed by atoms with Crippen LogP contribution in [0.3, 0.4) is 0 Å². The predicted molar refractivity (Wildman–Crippen MR) is 80.6 cm³/mol. The van der Waals surface area contributed by atoms with Gasteiger partial charge in [0.15, 0.2) is 0 Å². The van der Waals surface area contributed by atoms with E-state index >= 15 is 0 Å². The largest absolute Gasteiger partial charge is 0.496 e. The van der Waals surface area contributed by atoms with Gasteiger partial charge in [-0.2, -0.15) is 0 Å². The summed E-state index contributed by atoms with van der Waals surface area (Å²) in [6.45, 7) is 6.09. The molecule has 0 amide bonds. The maximum Gasteiger partial charge on any atom is 0.122 e. The molecule has 1 atom stereocenters. The maximum absolute atomic E-state index is 5.79. The van der Waals surface area contributed by atoms with E-state index in [2.05, 4.69) is 23.4 Å². The van der Waals surface area contributed by atoms with E-state index in [9.17, 15) is 0 Å². The van der Waals surface area contributed by atoms with Crippen LogP contribution in [0.5, 0.6) is 5.75 Å². The number of rotatable bonds is 4. The van der Waals surface area contributed by atoms with Gasteiger partial charge in [-0.3, -0.25) is 10.8 Å². The van der Waals surface area contributed by atoms with Gasteiger partial charge in [0.2, 0.25) is 0 Å². The van der Waals surface area contributed by atoms with Gasteiger partial charge in [0.1, 0.15) is 5.75 Å². The van der Waals surface area contributed by atoms with Gasteiger partial charge in [-0.15, -0.1) is 0 Å². The second-order valence-electron chi connectivity index (χ2n) is 4.96. The quantitative estimate of drug-likeness (QED) is 0.663. The van der Waals surface area contributed by atoms with E-state index < -0.39 is 0 Å². The van der Waals surface area contributed by atoms with E-state index in [-0.39, 0.29) is 6.04 Å². The van der Waals surface area contributed by atoms with Crippen molar-refractivity contribution in [2.24, 2.45) is 5.84 Å². The van der Waals surface area contributed by atoms with Crippen molar-refractivity contribution < 1.29 is 4.74 Å². The Balaban J connectivity index is 2.53. The van der Waals surface area contributed by atoms with E-state index in [0.717, 1.165) is 33.7 Å². The van der Waals surface area contributed by atoms with Crippen LogP contribution < -0.4 is 16.0 Å². The van der Waals surface area contributed by atoms with Gasteiger partial charge in [0.25, 0.3) is 0 Å². The first-order chi connectivity index (χ1) is 9.58. The molecule has 106 valence electrons. The number of hydrazine groups is 1. The first-order valence-corrected chi connectivity index (χ1v) is 6.61. The Labute approximate surface area is 120 Å². The molecule has 4 nitrogen and oxygen atoms in total. The standard InChI is InChI=1S/C16H21N3O/c1-10-9-15(20-4)11(2)8-14(10)16(19-17)13-6-5-7-18-12(13)3/h5-9,16,19H,17H2,1-4H3. The molecule has 3 N–H and O–H groups in total. The van der Waals surface area contributed by atoms with E-state index in [0.29, 0.717) is 0 Å². The average Bonchev–Trinajstić information content (AvgIpc) is 2.45. The van der Waals surface area contributed by atoms with Crippen molar-refractivity contribution in [3.63, 3.8) is 0 Å². The van der Waals surface area contributed by atoms with Gasteiger partial charge < -0.3 is 4.74 Å². The van der Waals surface area contributed by atoms with Gasteiger partial charge in [0, 0.05) is 11.9 Å². The van der Waals surface area contributed by atoms with Crippen LogP contribution in [0.15, 0.2) is 30.5 Å². The molecule has 0 radical (unpaired) electrons. The molecule has 4 heteroatoms. The number of aryl methyl sites for hydroxylation is 3. The summed E-state index contributed by atoms with van der Waals surface area (Å²) in [5, 5.41) is 0. The fourth-order valence-corrected chi connectivity index (χ4v) is 2.49. The molecule has 1 unspecified atom stereocenters. The lowest BCUT2D eigenvalue weighted by Gasteiger charge is -2.21. The van der Waals surface area contributed by atoms with Crippen LogP contribution in [-0.4, -0.2) is 12.1 Å². The monoisotopic (exact) mass is 271 g/mol. The number of methoxy groups -OCH3 is 1. The molecular formula is C16H21N3O. The van der Waals surface area contributed by atoms with Crippen LogP contribution >= 0.6 is 0 Å². The second-order valence-corrected chi connectivity index (χ2v) is 4.96. The molecule has 1 aromatic carbocycles. The lowest BCUT2D eigenvalue weighted by molar-refractivity contribution is 0.411. The fraction of sp³-hybridized carbons (Fsp3) is 0.312. The minimum absolute atomic E-state index is 0.0756. The Kier molecular flexibility index (Phi) is 4.37. The summed E-state index contributed by atoms with van der Waals surface area (Å²) >= 11 is 0. The molecule has 0 bridgehead atoms. The van der Waals surface area contributed by atoms with Crippen molar-refractivity contribution >= 4 is 0 Å². The summed E-state index contributed by atoms with van der Waals surface area (Å²) in [6, 6.07) is 8.06. The topological polar surface area (TPSA) is 60.2 Å². The molecule has 1 aromatic heterocycles. The Morgan fingerprint density at radius 3 is 2.50 bits per heavy atom. The Hall–Kier alpha value is -1.91. The maximum atomic E-state index is 5.79. The molecule has 0 aliphatic carbocycles. The highest BCUT2D eigenvalue weighted by atomic mass is 16.5. The second kappa shape index (κ2) is 6.03. The number of pyridine rings is 1. The average molecular weight is 271 g/mol. The third-order valence-electron chi connectivity index (χ3n) is 3.62. The third kappa shape index (κ3) is 2.66. The van der Waals surface area contributed by atoms with E-state index in [1.165, 1.54) is 0 Å². The van der Waals surface area contributed by atoms with Crippen LogP contribution in [0.25, 0.3) is 0 Å². The van der Waals surface area contributed by atoms with Crippen molar-refractivity contribution in [2.75, 3.05) is 7.11 Å². The summed E-state index contributed by atoms with van der Waals surface area (Å²) in [7, 11) is 1.69. The Morgan fingerprint density at radius 2 is 1.90 bits per heavy atom. The zero-order chi connectivity index (χ0) is 14.7. The summed E-state index contributed by atoms with van der Waals surface area (Å²) in [5.74, 6) is 6.68. The third-order valence-corrected chi connectivity index (χ3v) is 3.62. The van der Waals surface area contributed by atoms with Crippen LogP contribution in [-0.2, 0) is 0 Å². The van der Waals surface area contributed by atoms with Gasteiger partial charge in [-0.1, -0.05) is 12.1 Å². The minimum Gasteiger partial charge on any atom is -0.496 e. The van der Waals surface area contributed by atoms with Gasteiger partial charge in [0.05, 0.1) is 13.2 Å². The van der Waals surface area contributed by atoms with Crippen molar-refractivity contribution in [3.8, 4) is 5.75 Å².